The van der Waals surface area contributed by atoms with Crippen LogP contribution in [0.4, 0.5) is 0 Å². The van der Waals surface area contributed by atoms with Crippen LogP contribution in [0.25, 0.3) is 0 Å². The van der Waals surface area contributed by atoms with E-state index in [1.165, 1.54) is 0 Å². The Morgan fingerprint density at radius 3 is 1.00 bits per heavy atom. The highest BCUT2D eigenvalue weighted by Gasteiger charge is 2.48. The van der Waals surface area contributed by atoms with Gasteiger partial charge in [0.15, 0.2) is 0 Å². The molecule has 16 heavy (non-hydrogen) atoms. The molecule has 0 aromatic carbocycles. The molecular formula is C13H31BO2. The molecule has 1 heterocycles. The van der Waals surface area contributed by atoms with E-state index in [1.807, 2.05) is 34.5 Å². The van der Waals surface area contributed by atoms with Crippen molar-refractivity contribution in [2.24, 2.45) is 0 Å². The van der Waals surface area contributed by atoms with Crippen LogP contribution < -0.4 is 0 Å². The Morgan fingerprint density at radius 1 is 0.750 bits per heavy atom. The van der Waals surface area contributed by atoms with Gasteiger partial charge in [-0.15, -0.1) is 13.2 Å². The van der Waals surface area contributed by atoms with Crippen molar-refractivity contribution in [3.8, 4) is 0 Å². The lowest BCUT2D eigenvalue weighted by Gasteiger charge is -2.32. The fourth-order valence-corrected chi connectivity index (χ4v) is 1.14. The van der Waals surface area contributed by atoms with E-state index in [0.29, 0.717) is 0 Å². The van der Waals surface area contributed by atoms with Crippen molar-refractivity contribution in [3.05, 3.63) is 13.2 Å². The average Bonchev–Trinajstić information content (AvgIpc) is 2.42. The molecular weight excluding hydrogens is 199 g/mol. The van der Waals surface area contributed by atoms with E-state index in [2.05, 4.69) is 40.9 Å². The van der Waals surface area contributed by atoms with Gasteiger partial charge in [-0.3, -0.25) is 0 Å². The molecule has 0 saturated carbocycles. The predicted octanol–water partition coefficient (Wildman–Crippen LogP) is 4.56. The fourth-order valence-electron chi connectivity index (χ4n) is 1.14. The maximum Gasteiger partial charge on any atom is 0.454 e. The summed E-state index contributed by atoms with van der Waals surface area (Å²) in [5.41, 5.74) is -0.321. The smallest absolute Gasteiger partial charge is 0.403 e. The van der Waals surface area contributed by atoms with Crippen molar-refractivity contribution in [1.82, 2.24) is 0 Å². The molecule has 0 aromatic heterocycles. The Bertz CT molecular complexity index is 140. The minimum absolute atomic E-state index is 0.0648. The predicted molar refractivity (Wildman–Crippen MR) is 75.9 cm³/mol. The normalized spacial score (nSPS) is 19.2. The molecule has 1 rings (SSSR count). The molecule has 0 atom stereocenters. The number of rotatable bonds is 0. The van der Waals surface area contributed by atoms with Crippen LogP contribution in [-0.2, 0) is 9.31 Å². The van der Waals surface area contributed by atoms with E-state index in [1.54, 1.807) is 0 Å². The Labute approximate surface area is 104 Å². The Morgan fingerprint density at radius 2 is 0.938 bits per heavy atom. The summed E-state index contributed by atoms with van der Waals surface area (Å²) < 4.78 is 11.1. The van der Waals surface area contributed by atoms with Gasteiger partial charge in [-0.25, -0.2) is 0 Å². The summed E-state index contributed by atoms with van der Waals surface area (Å²) in [6.45, 7) is 24.1. The van der Waals surface area contributed by atoms with Crippen LogP contribution in [0.15, 0.2) is 13.2 Å². The molecule has 3 heteroatoms. The summed E-state index contributed by atoms with van der Waals surface area (Å²) in [6, 6.07) is 0. The van der Waals surface area contributed by atoms with Crippen molar-refractivity contribution < 1.29 is 9.31 Å². The first-order valence-corrected chi connectivity index (χ1v) is 6.21. The van der Waals surface area contributed by atoms with Gasteiger partial charge in [0.1, 0.15) is 0 Å². The minimum atomic E-state index is -0.160. The standard InChI is InChI=1S/C7H15BO2.2C2H6.C2H4/c1-6(2)7(3,4)10-8(5)9-6;3*1-2/h1-5H3;2*1-2H3;1-2H2. The van der Waals surface area contributed by atoms with Crippen LogP contribution in [0.2, 0.25) is 6.82 Å². The van der Waals surface area contributed by atoms with Crippen LogP contribution in [0.3, 0.4) is 0 Å². The molecule has 1 fully saturated rings. The average molecular weight is 230 g/mol. The lowest BCUT2D eigenvalue weighted by atomic mass is 9.90. The second-order valence-corrected chi connectivity index (χ2v) is 3.82. The van der Waals surface area contributed by atoms with E-state index < -0.39 is 0 Å². The monoisotopic (exact) mass is 230 g/mol. The van der Waals surface area contributed by atoms with E-state index >= 15 is 0 Å². The third kappa shape index (κ3) is 6.34. The summed E-state index contributed by atoms with van der Waals surface area (Å²) in [5.74, 6) is 0. The van der Waals surface area contributed by atoms with Gasteiger partial charge in [0.05, 0.1) is 11.2 Å². The van der Waals surface area contributed by atoms with Gasteiger partial charge in [-0.2, -0.15) is 0 Å². The first kappa shape index (κ1) is 21.1. The molecule has 0 unspecified atom stereocenters. The van der Waals surface area contributed by atoms with Crippen molar-refractivity contribution in [3.63, 3.8) is 0 Å². The van der Waals surface area contributed by atoms with Gasteiger partial charge in [0.25, 0.3) is 0 Å². The third-order valence-corrected chi connectivity index (χ3v) is 2.37. The van der Waals surface area contributed by atoms with Gasteiger partial charge in [0, 0.05) is 0 Å². The summed E-state index contributed by atoms with van der Waals surface area (Å²) >= 11 is 0. The minimum Gasteiger partial charge on any atom is -0.403 e. The summed E-state index contributed by atoms with van der Waals surface area (Å²) in [7, 11) is -0.0648. The van der Waals surface area contributed by atoms with Crippen LogP contribution in [0.5, 0.6) is 0 Å². The van der Waals surface area contributed by atoms with E-state index in [0.717, 1.165) is 0 Å². The zero-order chi connectivity index (χ0) is 14.0. The maximum absolute atomic E-state index is 5.54. The molecule has 0 radical (unpaired) electrons. The Kier molecular flexibility index (Phi) is 13.0. The van der Waals surface area contributed by atoms with E-state index in [4.69, 9.17) is 9.31 Å². The fraction of sp³-hybridized carbons (Fsp3) is 0.846. The van der Waals surface area contributed by atoms with Crippen LogP contribution in [0.1, 0.15) is 55.4 Å². The van der Waals surface area contributed by atoms with Crippen molar-refractivity contribution in [2.45, 2.75) is 73.4 Å². The second kappa shape index (κ2) is 9.92. The third-order valence-electron chi connectivity index (χ3n) is 2.37. The molecule has 1 aliphatic heterocycles. The first-order chi connectivity index (χ1) is 7.35. The van der Waals surface area contributed by atoms with E-state index in [-0.39, 0.29) is 18.3 Å². The highest BCUT2D eigenvalue weighted by Crippen LogP contribution is 2.36. The Hall–Kier alpha value is -0.275. The molecule has 0 aliphatic carbocycles. The lowest BCUT2D eigenvalue weighted by Crippen LogP contribution is -2.41. The maximum atomic E-state index is 5.54. The van der Waals surface area contributed by atoms with Gasteiger partial charge in [-0.1, -0.05) is 27.7 Å². The zero-order valence-electron chi connectivity index (χ0n) is 12.8. The van der Waals surface area contributed by atoms with Gasteiger partial charge >= 0.3 is 7.12 Å². The quantitative estimate of drug-likeness (QED) is 0.448. The molecule has 0 spiro atoms. The van der Waals surface area contributed by atoms with Gasteiger partial charge < -0.3 is 9.31 Å². The van der Waals surface area contributed by atoms with Crippen LogP contribution >= 0.6 is 0 Å². The van der Waals surface area contributed by atoms with Gasteiger partial charge in [0.2, 0.25) is 0 Å². The topological polar surface area (TPSA) is 18.5 Å². The van der Waals surface area contributed by atoms with E-state index in [9.17, 15) is 0 Å². The molecule has 2 nitrogen and oxygen atoms in total. The summed E-state index contributed by atoms with van der Waals surface area (Å²) in [6.07, 6.45) is 0. The second-order valence-electron chi connectivity index (χ2n) is 3.82. The molecule has 0 aromatic rings. The molecule has 0 bridgehead atoms. The van der Waals surface area contributed by atoms with Gasteiger partial charge in [-0.05, 0) is 34.5 Å². The number of hydrogen-bond donors (Lipinski definition) is 0. The molecule has 1 aliphatic rings. The SMILES string of the molecule is C=C.CB1OC(C)(C)C(C)(C)O1.CC.CC. The molecule has 0 N–H and O–H groups in total. The first-order valence-electron chi connectivity index (χ1n) is 6.21. The lowest BCUT2D eigenvalue weighted by molar-refractivity contribution is 0.00578. The van der Waals surface area contributed by atoms with Crippen LogP contribution in [0, 0.1) is 0 Å². The molecule has 98 valence electrons. The van der Waals surface area contributed by atoms with Crippen molar-refractivity contribution in [1.29, 1.82) is 0 Å². The summed E-state index contributed by atoms with van der Waals surface area (Å²) in [5, 5.41) is 0. The molecule has 1 saturated heterocycles. The molecule has 0 amide bonds. The zero-order valence-corrected chi connectivity index (χ0v) is 12.8. The van der Waals surface area contributed by atoms with Crippen LogP contribution in [-0.4, -0.2) is 18.3 Å². The van der Waals surface area contributed by atoms with Crippen molar-refractivity contribution >= 4 is 7.12 Å². The number of hydrogen-bond acceptors (Lipinski definition) is 2. The van der Waals surface area contributed by atoms with Crippen molar-refractivity contribution in [2.75, 3.05) is 0 Å². The largest absolute Gasteiger partial charge is 0.454 e. The summed E-state index contributed by atoms with van der Waals surface area (Å²) in [4.78, 5) is 0. The highest BCUT2D eigenvalue weighted by atomic mass is 16.7. The Balaban J connectivity index is -0.000000245. The highest BCUT2D eigenvalue weighted by molar-refractivity contribution is 6.43.